The van der Waals surface area contributed by atoms with Crippen LogP contribution in [0.5, 0.6) is 0 Å². The molecule has 1 aromatic heterocycles. The van der Waals surface area contributed by atoms with Crippen molar-refractivity contribution in [3.05, 3.63) is 17.0 Å². The van der Waals surface area contributed by atoms with E-state index in [-0.39, 0.29) is 0 Å². The van der Waals surface area contributed by atoms with E-state index in [0.717, 1.165) is 0 Å². The molecule has 0 fully saturated rings. The molecule has 0 amide bonds. The fourth-order valence-corrected chi connectivity index (χ4v) is 5.51. The van der Waals surface area contributed by atoms with Gasteiger partial charge in [-0.25, -0.2) is 0 Å². The predicted octanol–water partition coefficient (Wildman–Crippen LogP) is 5.01. The normalized spacial score (nSPS) is 14.1. The van der Waals surface area contributed by atoms with Gasteiger partial charge in [0.1, 0.15) is 0 Å². The highest BCUT2D eigenvalue weighted by Gasteiger charge is 2.30. The molecule has 0 aliphatic carbocycles. The van der Waals surface area contributed by atoms with Gasteiger partial charge in [0.25, 0.3) is 0 Å². The Hall–Kier alpha value is -0.0831. The third kappa shape index (κ3) is 4.25. The molecule has 17 heavy (non-hydrogen) atoms. The van der Waals surface area contributed by atoms with E-state index in [0.29, 0.717) is 10.8 Å². The third-order valence-electron chi connectivity index (χ3n) is 2.98. The quantitative estimate of drug-likeness (QED) is 0.676. The molecule has 0 N–H and O–H groups in total. The van der Waals surface area contributed by atoms with Crippen LogP contribution in [0.15, 0.2) is 12.1 Å². The molecule has 98 valence electrons. The maximum absolute atomic E-state index is 2.43. The molecule has 0 aliphatic heterocycles. The number of hydrogen-bond acceptors (Lipinski definition) is 1. The molecule has 1 aromatic rings. The van der Waals surface area contributed by atoms with E-state index in [9.17, 15) is 0 Å². The van der Waals surface area contributed by atoms with Gasteiger partial charge in [-0.15, -0.1) is 11.3 Å². The molecule has 0 saturated carbocycles. The largest absolute Gasteiger partial charge is 0.150 e. The molecule has 0 radical (unpaired) electrons. The minimum absolute atomic E-state index is 0.306. The van der Waals surface area contributed by atoms with Gasteiger partial charge in [0.15, 0.2) is 0 Å². The lowest BCUT2D eigenvalue weighted by Crippen LogP contribution is -2.35. The molecular formula is C15H28SSi. The first-order valence-electron chi connectivity index (χ1n) is 6.53. The Morgan fingerprint density at radius 1 is 1.00 bits per heavy atom. The van der Waals surface area contributed by atoms with Crippen molar-refractivity contribution in [3.8, 4) is 0 Å². The molecular weight excluding hydrogens is 240 g/mol. The van der Waals surface area contributed by atoms with Gasteiger partial charge in [0, 0.05) is 4.88 Å². The van der Waals surface area contributed by atoms with Crippen molar-refractivity contribution in [1.29, 1.82) is 0 Å². The molecule has 1 rings (SSSR count). The van der Waals surface area contributed by atoms with E-state index < -0.39 is 8.07 Å². The zero-order valence-corrected chi connectivity index (χ0v) is 14.6. The summed E-state index contributed by atoms with van der Waals surface area (Å²) in [5.74, 6) is 0. The summed E-state index contributed by atoms with van der Waals surface area (Å²) in [5, 5.41) is 0. The van der Waals surface area contributed by atoms with Crippen LogP contribution in [0.3, 0.4) is 0 Å². The fraction of sp³-hybridized carbons (Fsp3) is 0.733. The minimum Gasteiger partial charge on any atom is -0.150 e. The van der Waals surface area contributed by atoms with Gasteiger partial charge in [-0.1, -0.05) is 60.3 Å². The van der Waals surface area contributed by atoms with Crippen LogP contribution in [0.25, 0.3) is 0 Å². The van der Waals surface area contributed by atoms with Crippen LogP contribution in [0.1, 0.15) is 45.9 Å². The second-order valence-corrected chi connectivity index (χ2v) is 14.5. The van der Waals surface area contributed by atoms with Crippen LogP contribution in [-0.4, -0.2) is 8.07 Å². The zero-order valence-electron chi connectivity index (χ0n) is 12.8. The summed E-state index contributed by atoms with van der Waals surface area (Å²) in [5.41, 5.74) is 0.702. The van der Waals surface area contributed by atoms with E-state index in [2.05, 4.69) is 66.4 Å². The van der Waals surface area contributed by atoms with Crippen LogP contribution < -0.4 is 4.50 Å². The van der Waals surface area contributed by atoms with Gasteiger partial charge in [-0.05, 0) is 27.8 Å². The summed E-state index contributed by atoms with van der Waals surface area (Å²) in [4.78, 5) is 1.56. The van der Waals surface area contributed by atoms with Crippen LogP contribution in [0.4, 0.5) is 0 Å². The molecule has 0 aliphatic rings. The topological polar surface area (TPSA) is 0 Å². The van der Waals surface area contributed by atoms with Crippen LogP contribution in [0.2, 0.25) is 19.6 Å². The maximum atomic E-state index is 2.43. The maximum Gasteiger partial charge on any atom is 0.0904 e. The predicted molar refractivity (Wildman–Crippen MR) is 84.4 cm³/mol. The Morgan fingerprint density at radius 3 is 1.88 bits per heavy atom. The molecule has 0 nitrogen and oxygen atoms in total. The second-order valence-electron chi connectivity index (χ2n) is 8.04. The zero-order chi connectivity index (χ0) is 13.5. The Labute approximate surface area is 112 Å². The van der Waals surface area contributed by atoms with Gasteiger partial charge in [-0.2, -0.15) is 0 Å². The van der Waals surface area contributed by atoms with E-state index in [1.807, 2.05) is 11.3 Å². The molecule has 0 unspecified atom stereocenters. The Bertz CT molecular complexity index is 374. The Kier molecular flexibility index (Phi) is 4.00. The minimum atomic E-state index is -1.13. The molecule has 1 heterocycles. The molecule has 0 atom stereocenters. The van der Waals surface area contributed by atoms with Gasteiger partial charge in [0.2, 0.25) is 0 Å². The lowest BCUT2D eigenvalue weighted by atomic mass is 9.75. The van der Waals surface area contributed by atoms with Crippen molar-refractivity contribution in [2.24, 2.45) is 5.41 Å². The third-order valence-corrected chi connectivity index (χ3v) is 8.04. The first kappa shape index (κ1) is 15.0. The summed E-state index contributed by atoms with van der Waals surface area (Å²) in [6.45, 7) is 19.1. The number of rotatable bonds is 3. The van der Waals surface area contributed by atoms with Gasteiger partial charge < -0.3 is 0 Å². The summed E-state index contributed by atoms with van der Waals surface area (Å²) in [7, 11) is -1.13. The molecule has 2 heteroatoms. The molecule has 0 aromatic carbocycles. The fourth-order valence-electron chi connectivity index (χ4n) is 2.52. The van der Waals surface area contributed by atoms with Crippen molar-refractivity contribution < 1.29 is 0 Å². The highest BCUT2D eigenvalue weighted by Crippen LogP contribution is 2.38. The lowest BCUT2D eigenvalue weighted by molar-refractivity contribution is 0.287. The van der Waals surface area contributed by atoms with Crippen molar-refractivity contribution in [2.75, 3.05) is 0 Å². The molecule has 0 saturated heterocycles. The molecule has 0 spiro atoms. The second kappa shape index (κ2) is 4.54. The standard InChI is InChI=1S/C15H28SSi/c1-14(2,3)11-15(4,5)12-9-10-13(16-12)17(6,7)8/h9-10H,11H2,1-8H3. The number of hydrogen-bond donors (Lipinski definition) is 0. The highest BCUT2D eigenvalue weighted by atomic mass is 32.1. The SMILES string of the molecule is CC(C)(C)CC(C)(C)c1ccc([Si](C)(C)C)s1. The van der Waals surface area contributed by atoms with Crippen LogP contribution in [0, 0.1) is 5.41 Å². The van der Waals surface area contributed by atoms with Gasteiger partial charge >= 0.3 is 0 Å². The summed E-state index contributed by atoms with van der Waals surface area (Å²) in [6, 6.07) is 4.74. The smallest absolute Gasteiger partial charge is 0.0904 e. The van der Waals surface area contributed by atoms with Crippen molar-refractivity contribution in [1.82, 2.24) is 0 Å². The highest BCUT2D eigenvalue weighted by molar-refractivity contribution is 7.26. The molecule has 0 bridgehead atoms. The van der Waals surface area contributed by atoms with E-state index in [1.54, 1.807) is 9.38 Å². The van der Waals surface area contributed by atoms with Crippen molar-refractivity contribution in [2.45, 2.75) is 66.1 Å². The van der Waals surface area contributed by atoms with Crippen molar-refractivity contribution in [3.63, 3.8) is 0 Å². The summed E-state index contributed by atoms with van der Waals surface area (Å²) in [6.07, 6.45) is 1.24. The van der Waals surface area contributed by atoms with E-state index in [4.69, 9.17) is 0 Å². The van der Waals surface area contributed by atoms with Gasteiger partial charge in [0.05, 0.1) is 8.07 Å². The van der Waals surface area contributed by atoms with Crippen LogP contribution >= 0.6 is 11.3 Å². The van der Waals surface area contributed by atoms with Gasteiger partial charge in [-0.3, -0.25) is 0 Å². The summed E-state index contributed by atoms with van der Waals surface area (Å²) < 4.78 is 1.63. The van der Waals surface area contributed by atoms with Crippen LogP contribution in [-0.2, 0) is 5.41 Å². The van der Waals surface area contributed by atoms with E-state index in [1.165, 1.54) is 6.42 Å². The average molecular weight is 269 g/mol. The Balaban J connectivity index is 2.97. The van der Waals surface area contributed by atoms with Crippen molar-refractivity contribution >= 4 is 23.9 Å². The lowest BCUT2D eigenvalue weighted by Gasteiger charge is -2.31. The first-order chi connectivity index (χ1) is 7.42. The summed E-state index contributed by atoms with van der Waals surface area (Å²) >= 11 is 2.05. The number of thiophene rings is 1. The Morgan fingerprint density at radius 2 is 1.53 bits per heavy atom. The monoisotopic (exact) mass is 268 g/mol. The van der Waals surface area contributed by atoms with E-state index >= 15 is 0 Å². The average Bonchev–Trinajstić information content (AvgIpc) is 2.44. The first-order valence-corrected chi connectivity index (χ1v) is 10.8.